The Morgan fingerprint density at radius 3 is 2.85 bits per heavy atom. The molecule has 1 heterocycles. The third kappa shape index (κ3) is 4.96. The number of nitrogens with zero attached hydrogens (tertiary/aromatic N) is 2. The van der Waals surface area contributed by atoms with E-state index >= 15 is 0 Å². The monoisotopic (exact) mass is 299 g/mol. The van der Waals surface area contributed by atoms with Crippen molar-refractivity contribution in [2.75, 3.05) is 25.6 Å². The minimum absolute atomic E-state index is 0.191. The lowest BCUT2D eigenvalue weighted by molar-refractivity contribution is 0.0947. The van der Waals surface area contributed by atoms with E-state index in [2.05, 4.69) is 34.5 Å². The van der Waals surface area contributed by atoms with Crippen LogP contribution in [0.2, 0.25) is 5.15 Å². The lowest BCUT2D eigenvalue weighted by Crippen LogP contribution is -2.37. The van der Waals surface area contributed by atoms with Gasteiger partial charge in [-0.3, -0.25) is 4.79 Å². The van der Waals surface area contributed by atoms with Gasteiger partial charge in [0.15, 0.2) is 0 Å². The van der Waals surface area contributed by atoms with E-state index in [-0.39, 0.29) is 11.1 Å². The number of nitrogens with one attached hydrogen (secondary N) is 2. The molecule has 0 bridgehead atoms. The average Bonchev–Trinajstić information content (AvgIpc) is 2.45. The summed E-state index contributed by atoms with van der Waals surface area (Å²) in [6, 6.07) is 3.56. The maximum atomic E-state index is 12.0. The van der Waals surface area contributed by atoms with E-state index < -0.39 is 0 Å². The Morgan fingerprint density at radius 1 is 1.55 bits per heavy atom. The number of aromatic nitrogens is 1. The molecule has 0 aliphatic heterocycles. The van der Waals surface area contributed by atoms with Crippen LogP contribution in [0, 0.1) is 0 Å². The molecular formula is C13H22ClN5O. The first kappa shape index (κ1) is 16.7. The number of likely N-dealkylation sites (N-methyl/N-ethyl adjacent to an activating group) is 1. The summed E-state index contributed by atoms with van der Waals surface area (Å²) in [6.45, 7) is 5.66. The molecule has 112 valence electrons. The van der Waals surface area contributed by atoms with Gasteiger partial charge in [0, 0.05) is 24.7 Å². The van der Waals surface area contributed by atoms with Gasteiger partial charge in [-0.2, -0.15) is 0 Å². The predicted octanol–water partition coefficient (Wildman–Crippen LogP) is 1.48. The first-order chi connectivity index (χ1) is 9.47. The molecular weight excluding hydrogens is 278 g/mol. The first-order valence-electron chi connectivity index (χ1n) is 6.60. The van der Waals surface area contributed by atoms with Crippen molar-refractivity contribution < 1.29 is 4.79 Å². The summed E-state index contributed by atoms with van der Waals surface area (Å²) in [6.07, 6.45) is 1.08. The molecule has 1 rings (SSSR count). The minimum atomic E-state index is -0.191. The summed E-state index contributed by atoms with van der Waals surface area (Å²) < 4.78 is 0. The molecule has 0 aromatic carbocycles. The quantitative estimate of drug-likeness (QED) is 0.403. The zero-order chi connectivity index (χ0) is 15.1. The molecule has 1 aromatic rings. The van der Waals surface area contributed by atoms with Crippen molar-refractivity contribution in [1.82, 2.24) is 15.2 Å². The van der Waals surface area contributed by atoms with Crippen LogP contribution in [-0.4, -0.2) is 42.0 Å². The summed E-state index contributed by atoms with van der Waals surface area (Å²) in [5.41, 5.74) is 2.81. The van der Waals surface area contributed by atoms with Crippen LogP contribution in [0.3, 0.4) is 0 Å². The van der Waals surface area contributed by atoms with Crippen molar-refractivity contribution in [3.05, 3.63) is 22.8 Å². The SMILES string of the molecule is CCC(C)N(C)CCNC(=O)c1cc(Cl)nc(NN)c1. The van der Waals surface area contributed by atoms with E-state index in [0.717, 1.165) is 13.0 Å². The molecule has 0 fully saturated rings. The molecule has 7 heteroatoms. The second kappa shape index (κ2) is 8.04. The Balaban J connectivity index is 2.53. The molecule has 1 unspecified atom stereocenters. The Labute approximate surface area is 124 Å². The molecule has 0 saturated carbocycles. The van der Waals surface area contributed by atoms with Crippen LogP contribution < -0.4 is 16.6 Å². The van der Waals surface area contributed by atoms with Gasteiger partial charge < -0.3 is 15.6 Å². The Morgan fingerprint density at radius 2 is 2.25 bits per heavy atom. The van der Waals surface area contributed by atoms with Crippen molar-refractivity contribution in [2.45, 2.75) is 26.3 Å². The highest BCUT2D eigenvalue weighted by Gasteiger charge is 2.10. The lowest BCUT2D eigenvalue weighted by Gasteiger charge is -2.23. The molecule has 0 spiro atoms. The van der Waals surface area contributed by atoms with Crippen LogP contribution in [0.15, 0.2) is 12.1 Å². The number of carbonyl (C=O) groups excluding carboxylic acids is 1. The van der Waals surface area contributed by atoms with E-state index in [9.17, 15) is 4.79 Å². The second-order valence-corrected chi connectivity index (χ2v) is 5.09. The fourth-order valence-electron chi connectivity index (χ4n) is 1.68. The minimum Gasteiger partial charge on any atom is -0.351 e. The maximum absolute atomic E-state index is 12.0. The summed E-state index contributed by atoms with van der Waals surface area (Å²) in [4.78, 5) is 18.1. The smallest absolute Gasteiger partial charge is 0.251 e. The number of nitrogen functional groups attached to an aromatic ring is 1. The maximum Gasteiger partial charge on any atom is 0.251 e. The fraction of sp³-hybridized carbons (Fsp3) is 0.538. The topological polar surface area (TPSA) is 83.3 Å². The summed E-state index contributed by atoms with van der Waals surface area (Å²) in [5, 5.41) is 3.08. The zero-order valence-electron chi connectivity index (χ0n) is 12.1. The number of amides is 1. The summed E-state index contributed by atoms with van der Waals surface area (Å²) in [5.74, 6) is 5.44. The largest absolute Gasteiger partial charge is 0.351 e. The van der Waals surface area contributed by atoms with Crippen LogP contribution in [0.5, 0.6) is 0 Å². The second-order valence-electron chi connectivity index (χ2n) is 4.70. The zero-order valence-corrected chi connectivity index (χ0v) is 12.9. The van der Waals surface area contributed by atoms with Gasteiger partial charge >= 0.3 is 0 Å². The molecule has 1 atom stereocenters. The van der Waals surface area contributed by atoms with Crippen molar-refractivity contribution in [3.63, 3.8) is 0 Å². The van der Waals surface area contributed by atoms with Crippen molar-refractivity contribution >= 4 is 23.3 Å². The van der Waals surface area contributed by atoms with Gasteiger partial charge in [0.05, 0.1) is 0 Å². The van der Waals surface area contributed by atoms with E-state index in [1.54, 1.807) is 6.07 Å². The Kier molecular flexibility index (Phi) is 6.70. The van der Waals surface area contributed by atoms with Crippen molar-refractivity contribution in [1.29, 1.82) is 0 Å². The lowest BCUT2D eigenvalue weighted by atomic mass is 10.2. The van der Waals surface area contributed by atoms with Gasteiger partial charge in [0.1, 0.15) is 11.0 Å². The number of hydrazine groups is 1. The van der Waals surface area contributed by atoms with Crippen molar-refractivity contribution in [2.24, 2.45) is 5.84 Å². The molecule has 1 aromatic heterocycles. The number of halogens is 1. The van der Waals surface area contributed by atoms with Gasteiger partial charge in [-0.05, 0) is 32.5 Å². The van der Waals surface area contributed by atoms with E-state index in [1.807, 2.05) is 7.05 Å². The molecule has 4 N–H and O–H groups in total. The predicted molar refractivity (Wildman–Crippen MR) is 81.8 cm³/mol. The highest BCUT2D eigenvalue weighted by Crippen LogP contribution is 2.13. The third-order valence-electron chi connectivity index (χ3n) is 3.30. The summed E-state index contributed by atoms with van der Waals surface area (Å²) in [7, 11) is 2.04. The van der Waals surface area contributed by atoms with Gasteiger partial charge in [0.2, 0.25) is 0 Å². The average molecular weight is 300 g/mol. The highest BCUT2D eigenvalue weighted by atomic mass is 35.5. The van der Waals surface area contributed by atoms with E-state index in [4.69, 9.17) is 17.4 Å². The van der Waals surface area contributed by atoms with Crippen molar-refractivity contribution in [3.8, 4) is 0 Å². The van der Waals surface area contributed by atoms with Crippen LogP contribution in [0.1, 0.15) is 30.6 Å². The van der Waals surface area contributed by atoms with Gasteiger partial charge in [0.25, 0.3) is 5.91 Å². The highest BCUT2D eigenvalue weighted by molar-refractivity contribution is 6.29. The number of hydrogen-bond acceptors (Lipinski definition) is 5. The van der Waals surface area contributed by atoms with Gasteiger partial charge in [-0.25, -0.2) is 10.8 Å². The Hall–Kier alpha value is -1.37. The third-order valence-corrected chi connectivity index (χ3v) is 3.49. The molecule has 20 heavy (non-hydrogen) atoms. The number of hydrogen-bond donors (Lipinski definition) is 3. The Bertz CT molecular complexity index is 454. The molecule has 1 amide bonds. The first-order valence-corrected chi connectivity index (χ1v) is 6.98. The molecule has 0 aliphatic rings. The summed E-state index contributed by atoms with van der Waals surface area (Å²) >= 11 is 5.82. The van der Waals surface area contributed by atoms with Gasteiger partial charge in [-0.15, -0.1) is 0 Å². The van der Waals surface area contributed by atoms with Gasteiger partial charge in [-0.1, -0.05) is 18.5 Å². The molecule has 0 aliphatic carbocycles. The molecule has 0 saturated heterocycles. The van der Waals surface area contributed by atoms with E-state index in [1.165, 1.54) is 6.07 Å². The standard InChI is InChI=1S/C13H22ClN5O/c1-4-9(2)19(3)6-5-16-13(20)10-7-11(14)17-12(8-10)18-15/h7-9H,4-6,15H2,1-3H3,(H,16,20)(H,17,18). The fourth-order valence-corrected chi connectivity index (χ4v) is 1.89. The van der Waals surface area contributed by atoms with Crippen LogP contribution in [0.4, 0.5) is 5.82 Å². The number of rotatable bonds is 7. The molecule has 6 nitrogen and oxygen atoms in total. The molecule has 0 radical (unpaired) electrons. The van der Waals surface area contributed by atoms with Crippen LogP contribution >= 0.6 is 11.6 Å². The van der Waals surface area contributed by atoms with Crippen LogP contribution in [-0.2, 0) is 0 Å². The number of pyridine rings is 1. The number of carbonyl (C=O) groups is 1. The van der Waals surface area contributed by atoms with Crippen LogP contribution in [0.25, 0.3) is 0 Å². The normalized spacial score (nSPS) is 12.3. The number of nitrogens with two attached hydrogens (primary N) is 1. The van der Waals surface area contributed by atoms with E-state index in [0.29, 0.717) is 24.0 Å². The number of anilines is 1.